The first kappa shape index (κ1) is 19.4. The maximum atomic E-state index is 12.9. The van der Waals surface area contributed by atoms with Crippen LogP contribution in [0.1, 0.15) is 60.0 Å². The maximum Gasteiger partial charge on any atom is 0.253 e. The van der Waals surface area contributed by atoms with E-state index in [4.69, 9.17) is 0 Å². The second-order valence-corrected chi connectivity index (χ2v) is 8.99. The normalized spacial score (nSPS) is 23.2. The Bertz CT molecular complexity index is 739. The summed E-state index contributed by atoms with van der Waals surface area (Å²) in [5, 5.41) is 0. The van der Waals surface area contributed by atoms with Crippen molar-refractivity contribution in [1.82, 2.24) is 14.7 Å². The largest absolute Gasteiger partial charge is 0.338 e. The SMILES string of the molecule is CN(C)C1CCN(C(=O)c2ccc3c(c2)CCN(C(=O)C2CCCCC2)C3)C1. The van der Waals surface area contributed by atoms with Crippen molar-refractivity contribution in [3.63, 3.8) is 0 Å². The van der Waals surface area contributed by atoms with Crippen molar-refractivity contribution >= 4 is 11.8 Å². The van der Waals surface area contributed by atoms with Crippen LogP contribution in [0.5, 0.6) is 0 Å². The minimum Gasteiger partial charge on any atom is -0.338 e. The molecule has 1 aromatic carbocycles. The molecule has 0 bridgehead atoms. The molecule has 0 radical (unpaired) electrons. The lowest BCUT2D eigenvalue weighted by Crippen LogP contribution is -2.40. The first-order valence-electron chi connectivity index (χ1n) is 10.9. The molecule has 1 saturated heterocycles. The average Bonchev–Trinajstić information content (AvgIpc) is 3.23. The van der Waals surface area contributed by atoms with E-state index in [9.17, 15) is 9.59 Å². The predicted octanol–water partition coefficient (Wildman–Crippen LogP) is 2.93. The third-order valence-corrected chi connectivity index (χ3v) is 6.91. The number of hydrogen-bond donors (Lipinski definition) is 0. The lowest BCUT2D eigenvalue weighted by molar-refractivity contribution is -0.137. The summed E-state index contributed by atoms with van der Waals surface area (Å²) in [6.45, 7) is 3.13. The molecular weight excluding hydrogens is 350 g/mol. The summed E-state index contributed by atoms with van der Waals surface area (Å²) in [6.07, 6.45) is 7.67. The van der Waals surface area contributed by atoms with Crippen LogP contribution in [0.2, 0.25) is 0 Å². The fourth-order valence-corrected chi connectivity index (χ4v) is 5.01. The molecule has 2 heterocycles. The second-order valence-electron chi connectivity index (χ2n) is 8.99. The average molecular weight is 384 g/mol. The van der Waals surface area contributed by atoms with E-state index in [-0.39, 0.29) is 11.8 Å². The van der Waals surface area contributed by atoms with E-state index in [1.165, 1.54) is 30.4 Å². The second kappa shape index (κ2) is 8.24. The number of rotatable bonds is 3. The summed E-state index contributed by atoms with van der Waals surface area (Å²) in [6, 6.07) is 6.56. The van der Waals surface area contributed by atoms with Gasteiger partial charge in [-0.1, -0.05) is 25.3 Å². The topological polar surface area (TPSA) is 43.9 Å². The van der Waals surface area contributed by atoms with Crippen molar-refractivity contribution in [3.05, 3.63) is 34.9 Å². The first-order valence-corrected chi connectivity index (χ1v) is 10.9. The highest BCUT2D eigenvalue weighted by Gasteiger charge is 2.30. The van der Waals surface area contributed by atoms with Crippen LogP contribution in [0.3, 0.4) is 0 Å². The third-order valence-electron chi connectivity index (χ3n) is 6.91. The van der Waals surface area contributed by atoms with Crippen LogP contribution in [-0.2, 0) is 17.8 Å². The fraction of sp³-hybridized carbons (Fsp3) is 0.652. The van der Waals surface area contributed by atoms with Crippen LogP contribution in [0.25, 0.3) is 0 Å². The molecule has 1 saturated carbocycles. The Balaban J connectivity index is 1.41. The summed E-state index contributed by atoms with van der Waals surface area (Å²) in [5.41, 5.74) is 3.24. The van der Waals surface area contributed by atoms with Crippen LogP contribution < -0.4 is 0 Å². The number of benzene rings is 1. The van der Waals surface area contributed by atoms with E-state index in [2.05, 4.69) is 31.1 Å². The van der Waals surface area contributed by atoms with Crippen molar-refractivity contribution in [2.45, 2.75) is 57.5 Å². The van der Waals surface area contributed by atoms with Gasteiger partial charge in [0.25, 0.3) is 5.91 Å². The van der Waals surface area contributed by atoms with Gasteiger partial charge in [-0.15, -0.1) is 0 Å². The number of likely N-dealkylation sites (tertiary alicyclic amines) is 1. The Morgan fingerprint density at radius 1 is 0.964 bits per heavy atom. The molecule has 1 aliphatic carbocycles. The van der Waals surface area contributed by atoms with E-state index < -0.39 is 0 Å². The van der Waals surface area contributed by atoms with Gasteiger partial charge in [0.1, 0.15) is 0 Å². The van der Waals surface area contributed by atoms with Crippen LogP contribution in [0.4, 0.5) is 0 Å². The zero-order valence-corrected chi connectivity index (χ0v) is 17.3. The minimum absolute atomic E-state index is 0.146. The first-order chi connectivity index (χ1) is 13.5. The molecule has 1 aromatic rings. The van der Waals surface area contributed by atoms with E-state index in [0.717, 1.165) is 50.9 Å². The predicted molar refractivity (Wildman–Crippen MR) is 110 cm³/mol. The molecule has 0 aromatic heterocycles. The Morgan fingerprint density at radius 2 is 1.75 bits per heavy atom. The van der Waals surface area contributed by atoms with Crippen molar-refractivity contribution in [2.24, 2.45) is 5.92 Å². The van der Waals surface area contributed by atoms with E-state index >= 15 is 0 Å². The van der Waals surface area contributed by atoms with E-state index in [0.29, 0.717) is 18.5 Å². The quantitative estimate of drug-likeness (QED) is 0.806. The van der Waals surface area contributed by atoms with Crippen LogP contribution in [0.15, 0.2) is 18.2 Å². The van der Waals surface area contributed by atoms with Crippen molar-refractivity contribution in [3.8, 4) is 0 Å². The van der Waals surface area contributed by atoms with Crippen LogP contribution >= 0.6 is 0 Å². The van der Waals surface area contributed by atoms with Gasteiger partial charge in [0.05, 0.1) is 0 Å². The van der Waals surface area contributed by atoms with Crippen LogP contribution in [0, 0.1) is 5.92 Å². The molecule has 2 fully saturated rings. The van der Waals surface area contributed by atoms with Gasteiger partial charge in [0.2, 0.25) is 5.91 Å². The molecule has 28 heavy (non-hydrogen) atoms. The number of carbonyl (C=O) groups is 2. The lowest BCUT2D eigenvalue weighted by Gasteiger charge is -2.33. The Labute approximate surface area is 168 Å². The van der Waals surface area contributed by atoms with Crippen molar-refractivity contribution in [2.75, 3.05) is 33.7 Å². The van der Waals surface area contributed by atoms with Crippen molar-refractivity contribution < 1.29 is 9.59 Å². The Hall–Kier alpha value is -1.88. The maximum absolute atomic E-state index is 12.9. The minimum atomic E-state index is 0.146. The van der Waals surface area contributed by atoms with Gasteiger partial charge in [-0.25, -0.2) is 0 Å². The summed E-state index contributed by atoms with van der Waals surface area (Å²) in [7, 11) is 4.16. The highest BCUT2D eigenvalue weighted by atomic mass is 16.2. The number of nitrogens with zero attached hydrogens (tertiary/aromatic N) is 3. The zero-order chi connectivity index (χ0) is 19.7. The van der Waals surface area contributed by atoms with E-state index in [1.54, 1.807) is 0 Å². The molecule has 2 aliphatic heterocycles. The molecule has 0 N–H and O–H groups in total. The summed E-state index contributed by atoms with van der Waals surface area (Å²) >= 11 is 0. The molecule has 1 atom stereocenters. The lowest BCUT2D eigenvalue weighted by atomic mass is 9.87. The molecule has 4 rings (SSSR count). The van der Waals surface area contributed by atoms with Gasteiger partial charge in [-0.3, -0.25) is 9.59 Å². The van der Waals surface area contributed by atoms with Crippen LogP contribution in [-0.4, -0.2) is 66.3 Å². The zero-order valence-electron chi connectivity index (χ0n) is 17.3. The summed E-state index contributed by atoms with van der Waals surface area (Å²) in [5.74, 6) is 0.723. The highest BCUT2D eigenvalue weighted by molar-refractivity contribution is 5.94. The molecule has 0 spiro atoms. The molecule has 5 heteroatoms. The Morgan fingerprint density at radius 3 is 2.46 bits per heavy atom. The van der Waals surface area contributed by atoms with Gasteiger partial charge in [-0.05, 0) is 63.0 Å². The third kappa shape index (κ3) is 3.95. The molecule has 152 valence electrons. The molecule has 3 aliphatic rings. The number of likely N-dealkylation sites (N-methyl/N-ethyl adjacent to an activating group) is 1. The van der Waals surface area contributed by atoms with E-state index in [1.807, 2.05) is 15.9 Å². The smallest absolute Gasteiger partial charge is 0.253 e. The summed E-state index contributed by atoms with van der Waals surface area (Å²) < 4.78 is 0. The fourth-order valence-electron chi connectivity index (χ4n) is 5.01. The van der Waals surface area contributed by atoms with Gasteiger partial charge in [0, 0.05) is 43.7 Å². The van der Waals surface area contributed by atoms with Gasteiger partial charge in [-0.2, -0.15) is 0 Å². The van der Waals surface area contributed by atoms with Gasteiger partial charge >= 0.3 is 0 Å². The monoisotopic (exact) mass is 383 g/mol. The summed E-state index contributed by atoms with van der Waals surface area (Å²) in [4.78, 5) is 32.0. The number of hydrogen-bond acceptors (Lipinski definition) is 3. The standard InChI is InChI=1S/C23H33N3O2/c1-24(2)21-11-13-26(16-21)23(28)19-8-9-20-15-25(12-10-18(20)14-19)22(27)17-6-4-3-5-7-17/h8-9,14,17,21H,3-7,10-13,15-16H2,1-2H3. The number of fused-ring (bicyclic) bond motifs is 1. The highest BCUT2D eigenvalue weighted by Crippen LogP contribution is 2.28. The number of carbonyl (C=O) groups excluding carboxylic acids is 2. The van der Waals surface area contributed by atoms with Crippen molar-refractivity contribution in [1.29, 1.82) is 0 Å². The number of amides is 2. The molecule has 5 nitrogen and oxygen atoms in total. The molecule has 2 amide bonds. The molecular formula is C23H33N3O2. The van der Waals surface area contributed by atoms with Gasteiger partial charge in [0.15, 0.2) is 0 Å². The molecule has 1 unspecified atom stereocenters. The Kier molecular flexibility index (Phi) is 5.72. The van der Waals surface area contributed by atoms with Gasteiger partial charge < -0.3 is 14.7 Å².